The number of nitrogens with one attached hydrogen (secondary N) is 2. The second-order valence-electron chi connectivity index (χ2n) is 10.7. The molecule has 0 saturated carbocycles. The number of carbonyl (C=O) groups excluding carboxylic acids is 2. The number of carboxylic acids is 1. The van der Waals surface area contributed by atoms with Gasteiger partial charge in [-0.25, -0.2) is 9.59 Å². The van der Waals surface area contributed by atoms with Gasteiger partial charge in [-0.15, -0.1) is 0 Å². The van der Waals surface area contributed by atoms with Gasteiger partial charge in [0.1, 0.15) is 12.6 Å². The zero-order valence-electron chi connectivity index (χ0n) is 21.3. The van der Waals surface area contributed by atoms with Crippen molar-refractivity contribution in [3.8, 4) is 11.1 Å². The summed E-state index contributed by atoms with van der Waals surface area (Å²) in [7, 11) is 0. The molecule has 1 aliphatic rings. The molecule has 3 rings (SSSR count). The first-order chi connectivity index (χ1) is 16.3. The first-order valence-corrected chi connectivity index (χ1v) is 12.0. The molecule has 3 N–H and O–H groups in total. The Kier molecular flexibility index (Phi) is 7.58. The topological polar surface area (TPSA) is 105 Å². The number of ether oxygens (including phenoxy) is 1. The molecule has 0 saturated heterocycles. The van der Waals surface area contributed by atoms with E-state index in [1.807, 2.05) is 38.1 Å². The highest BCUT2D eigenvalue weighted by molar-refractivity contribution is 5.88. The maximum Gasteiger partial charge on any atom is 0.407 e. The van der Waals surface area contributed by atoms with Crippen molar-refractivity contribution in [2.24, 2.45) is 11.3 Å². The Labute approximate surface area is 207 Å². The highest BCUT2D eigenvalue weighted by atomic mass is 16.5. The number of carbonyl (C=O) groups is 3. The summed E-state index contributed by atoms with van der Waals surface area (Å²) in [4.78, 5) is 37.5. The average molecular weight is 481 g/mol. The quantitative estimate of drug-likeness (QED) is 0.471. The normalized spacial score (nSPS) is 14.1. The van der Waals surface area contributed by atoms with Gasteiger partial charge in [0.05, 0.1) is 11.0 Å². The fourth-order valence-corrected chi connectivity index (χ4v) is 4.36. The summed E-state index contributed by atoms with van der Waals surface area (Å²) in [6.07, 6.45) is -0.313. The third kappa shape index (κ3) is 5.50. The summed E-state index contributed by atoms with van der Waals surface area (Å²) >= 11 is 0. The van der Waals surface area contributed by atoms with Crippen LogP contribution in [-0.2, 0) is 14.3 Å². The highest BCUT2D eigenvalue weighted by Crippen LogP contribution is 2.44. The van der Waals surface area contributed by atoms with Gasteiger partial charge in [0.15, 0.2) is 0 Å². The molecular weight excluding hydrogens is 444 g/mol. The van der Waals surface area contributed by atoms with E-state index in [2.05, 4.69) is 34.9 Å². The minimum atomic E-state index is -1.11. The Morgan fingerprint density at radius 2 is 1.46 bits per heavy atom. The van der Waals surface area contributed by atoms with Crippen molar-refractivity contribution in [3.05, 3.63) is 59.7 Å². The molecule has 0 heterocycles. The number of rotatable bonds is 9. The lowest BCUT2D eigenvalue weighted by atomic mass is 9.73. The number of fused-ring (bicyclic) bond motifs is 3. The SMILES string of the molecule is CC(C)C[C@H](NC(=O)C(C)(C)C(C)(C)NC(=O)OCC1c2ccccc2-c2ccccc21)C(=O)O. The van der Waals surface area contributed by atoms with E-state index in [1.54, 1.807) is 27.7 Å². The Balaban J connectivity index is 1.67. The van der Waals surface area contributed by atoms with Gasteiger partial charge in [0, 0.05) is 5.92 Å². The molecule has 1 aliphatic carbocycles. The van der Waals surface area contributed by atoms with Crippen LogP contribution < -0.4 is 10.6 Å². The van der Waals surface area contributed by atoms with E-state index in [9.17, 15) is 19.5 Å². The smallest absolute Gasteiger partial charge is 0.407 e. The summed E-state index contributed by atoms with van der Waals surface area (Å²) in [6, 6.07) is 15.2. The minimum Gasteiger partial charge on any atom is -0.480 e. The fraction of sp³-hybridized carbons (Fsp3) is 0.464. The number of alkyl carbamates (subject to hydrolysis) is 1. The van der Waals surface area contributed by atoms with Crippen LogP contribution >= 0.6 is 0 Å². The summed E-state index contributed by atoms with van der Waals surface area (Å²) in [6.45, 7) is 10.8. The molecule has 0 aromatic heterocycles. The Hall–Kier alpha value is -3.35. The van der Waals surface area contributed by atoms with Crippen molar-refractivity contribution < 1.29 is 24.2 Å². The van der Waals surface area contributed by atoms with Crippen LogP contribution in [0.4, 0.5) is 4.79 Å². The standard InChI is InChI=1S/C28H36N2O5/c1-17(2)15-23(24(31)32)29-25(33)27(3,4)28(5,6)30-26(34)35-16-22-20-13-9-7-11-18(20)19-12-8-10-14-21(19)22/h7-14,17,22-23H,15-16H2,1-6H3,(H,29,33)(H,30,34)(H,31,32)/t23-/m0/s1. The van der Waals surface area contributed by atoms with Crippen LogP contribution in [0.1, 0.15) is 65.0 Å². The maximum absolute atomic E-state index is 13.1. The summed E-state index contributed by atoms with van der Waals surface area (Å²) < 4.78 is 5.65. The first-order valence-electron chi connectivity index (χ1n) is 12.0. The third-order valence-electron chi connectivity index (χ3n) is 7.20. The Bertz CT molecular complexity index is 1060. The van der Waals surface area contributed by atoms with Gasteiger partial charge in [-0.2, -0.15) is 0 Å². The molecule has 35 heavy (non-hydrogen) atoms. The number of amides is 2. The molecule has 0 bridgehead atoms. The van der Waals surface area contributed by atoms with E-state index in [0.717, 1.165) is 22.3 Å². The fourth-order valence-electron chi connectivity index (χ4n) is 4.36. The van der Waals surface area contributed by atoms with Crippen molar-refractivity contribution in [1.82, 2.24) is 10.6 Å². The zero-order chi connectivity index (χ0) is 26.0. The van der Waals surface area contributed by atoms with Crippen LogP contribution in [0.2, 0.25) is 0 Å². The lowest BCUT2D eigenvalue weighted by Crippen LogP contribution is -2.61. The van der Waals surface area contributed by atoms with Crippen LogP contribution in [0.25, 0.3) is 11.1 Å². The number of carboxylic acid groups (broad SMARTS) is 1. The molecule has 2 aromatic carbocycles. The van der Waals surface area contributed by atoms with Crippen LogP contribution in [0.5, 0.6) is 0 Å². The van der Waals surface area contributed by atoms with E-state index >= 15 is 0 Å². The Morgan fingerprint density at radius 1 is 0.943 bits per heavy atom. The molecule has 188 valence electrons. The van der Waals surface area contributed by atoms with Crippen molar-refractivity contribution >= 4 is 18.0 Å². The van der Waals surface area contributed by atoms with Gasteiger partial charge in [-0.1, -0.05) is 62.4 Å². The van der Waals surface area contributed by atoms with Gasteiger partial charge >= 0.3 is 12.1 Å². The second-order valence-corrected chi connectivity index (χ2v) is 10.7. The van der Waals surface area contributed by atoms with Crippen LogP contribution in [0.3, 0.4) is 0 Å². The van der Waals surface area contributed by atoms with Gasteiger partial charge in [0.2, 0.25) is 5.91 Å². The van der Waals surface area contributed by atoms with E-state index in [-0.39, 0.29) is 18.4 Å². The van der Waals surface area contributed by atoms with Gasteiger partial charge < -0.3 is 20.5 Å². The van der Waals surface area contributed by atoms with Crippen molar-refractivity contribution in [1.29, 1.82) is 0 Å². The molecule has 0 fully saturated rings. The Morgan fingerprint density at radius 3 is 1.94 bits per heavy atom. The zero-order valence-corrected chi connectivity index (χ0v) is 21.3. The van der Waals surface area contributed by atoms with Gasteiger partial charge in [-0.3, -0.25) is 4.79 Å². The summed E-state index contributed by atoms with van der Waals surface area (Å²) in [5.74, 6) is -1.49. The largest absolute Gasteiger partial charge is 0.480 e. The molecule has 0 radical (unpaired) electrons. The average Bonchev–Trinajstić information content (AvgIpc) is 3.10. The van der Waals surface area contributed by atoms with E-state index in [0.29, 0.717) is 6.42 Å². The minimum absolute atomic E-state index is 0.0695. The number of hydrogen-bond acceptors (Lipinski definition) is 4. The maximum atomic E-state index is 13.1. The monoisotopic (exact) mass is 480 g/mol. The summed E-state index contributed by atoms with van der Waals surface area (Å²) in [5.41, 5.74) is 2.40. The van der Waals surface area contributed by atoms with Crippen molar-refractivity contribution in [2.75, 3.05) is 6.61 Å². The molecule has 0 spiro atoms. The third-order valence-corrected chi connectivity index (χ3v) is 7.20. The highest BCUT2D eigenvalue weighted by Gasteiger charge is 2.45. The first kappa shape index (κ1) is 26.3. The molecule has 0 unspecified atom stereocenters. The van der Waals surface area contributed by atoms with Crippen LogP contribution in [0.15, 0.2) is 48.5 Å². The number of benzene rings is 2. The van der Waals surface area contributed by atoms with Gasteiger partial charge in [-0.05, 0) is 62.3 Å². The molecular formula is C28H36N2O5. The lowest BCUT2D eigenvalue weighted by molar-refractivity contribution is -0.145. The van der Waals surface area contributed by atoms with Gasteiger partial charge in [0.25, 0.3) is 0 Å². The van der Waals surface area contributed by atoms with Crippen LogP contribution in [0, 0.1) is 11.3 Å². The summed E-state index contributed by atoms with van der Waals surface area (Å²) in [5, 5.41) is 15.0. The molecule has 2 amide bonds. The second kappa shape index (κ2) is 10.1. The van der Waals surface area contributed by atoms with Crippen LogP contribution in [-0.4, -0.2) is 41.3 Å². The number of aliphatic carboxylic acids is 1. The van der Waals surface area contributed by atoms with E-state index in [1.165, 1.54) is 0 Å². The molecule has 7 nitrogen and oxygen atoms in total. The molecule has 1 atom stereocenters. The molecule has 2 aromatic rings. The lowest BCUT2D eigenvalue weighted by Gasteiger charge is -2.41. The van der Waals surface area contributed by atoms with Crippen molar-refractivity contribution in [2.45, 2.75) is 65.5 Å². The molecule has 0 aliphatic heterocycles. The predicted molar refractivity (Wildman–Crippen MR) is 135 cm³/mol. The van der Waals surface area contributed by atoms with Crippen molar-refractivity contribution in [3.63, 3.8) is 0 Å². The van der Waals surface area contributed by atoms with E-state index < -0.39 is 35.0 Å². The number of hydrogen-bond donors (Lipinski definition) is 3. The predicted octanol–water partition coefficient (Wildman–Crippen LogP) is 4.95. The van der Waals surface area contributed by atoms with E-state index in [4.69, 9.17) is 4.74 Å². The molecule has 7 heteroatoms.